The second-order valence-electron chi connectivity index (χ2n) is 3.77. The van der Waals surface area contributed by atoms with Crippen LogP contribution in [0.1, 0.15) is 47.0 Å². The summed E-state index contributed by atoms with van der Waals surface area (Å²) in [5.74, 6) is 0.830. The van der Waals surface area contributed by atoms with Gasteiger partial charge in [-0.15, -0.1) is 0 Å². The van der Waals surface area contributed by atoms with E-state index in [1.807, 2.05) is 0 Å². The largest absolute Gasteiger partial charge is 0.0917 e. The average molecular weight is 166 g/mol. The van der Waals surface area contributed by atoms with Crippen molar-refractivity contribution >= 4 is 0 Å². The zero-order valence-corrected chi connectivity index (χ0v) is 8.93. The lowest BCUT2D eigenvalue weighted by Gasteiger charge is -2.05. The summed E-state index contributed by atoms with van der Waals surface area (Å²) in [6.07, 6.45) is 10.5. The van der Waals surface area contributed by atoms with Gasteiger partial charge in [0.15, 0.2) is 0 Å². The summed E-state index contributed by atoms with van der Waals surface area (Å²) < 4.78 is 0. The molecule has 0 aromatic rings. The summed E-state index contributed by atoms with van der Waals surface area (Å²) in [5.41, 5.74) is 1.44. The SMILES string of the molecule is C/C=C/C[C@H](C)CCC=C(C)C. The van der Waals surface area contributed by atoms with Crippen LogP contribution in [0.4, 0.5) is 0 Å². The maximum absolute atomic E-state index is 2.33. The molecular weight excluding hydrogens is 144 g/mol. The molecule has 0 aliphatic rings. The lowest BCUT2D eigenvalue weighted by atomic mass is 10.0. The van der Waals surface area contributed by atoms with Crippen molar-refractivity contribution in [3.05, 3.63) is 23.8 Å². The Morgan fingerprint density at radius 3 is 2.50 bits per heavy atom. The Kier molecular flexibility index (Phi) is 6.84. The number of hydrogen-bond donors (Lipinski definition) is 0. The molecule has 0 aromatic heterocycles. The highest BCUT2D eigenvalue weighted by molar-refractivity contribution is 4.93. The van der Waals surface area contributed by atoms with Gasteiger partial charge in [0.05, 0.1) is 0 Å². The van der Waals surface area contributed by atoms with Crippen molar-refractivity contribution in [1.82, 2.24) is 0 Å². The molecule has 0 fully saturated rings. The highest BCUT2D eigenvalue weighted by Crippen LogP contribution is 2.11. The second-order valence-corrected chi connectivity index (χ2v) is 3.77. The molecule has 0 spiro atoms. The maximum Gasteiger partial charge on any atom is -0.0325 e. The minimum absolute atomic E-state index is 0.830. The van der Waals surface area contributed by atoms with Crippen LogP contribution in [-0.4, -0.2) is 0 Å². The Hall–Kier alpha value is -0.520. The molecule has 0 nitrogen and oxygen atoms in total. The van der Waals surface area contributed by atoms with Gasteiger partial charge in [0.1, 0.15) is 0 Å². The Labute approximate surface area is 77.4 Å². The molecule has 0 heteroatoms. The lowest BCUT2D eigenvalue weighted by molar-refractivity contribution is 0.545. The van der Waals surface area contributed by atoms with E-state index in [1.165, 1.54) is 24.8 Å². The van der Waals surface area contributed by atoms with Gasteiger partial charge in [0.2, 0.25) is 0 Å². The molecule has 70 valence electrons. The number of allylic oxidation sites excluding steroid dienone is 4. The third-order valence-electron chi connectivity index (χ3n) is 1.99. The molecule has 0 bridgehead atoms. The monoisotopic (exact) mass is 166 g/mol. The van der Waals surface area contributed by atoms with Crippen LogP contribution in [0, 0.1) is 5.92 Å². The first kappa shape index (κ1) is 11.5. The van der Waals surface area contributed by atoms with E-state index in [1.54, 1.807) is 0 Å². The minimum atomic E-state index is 0.830. The molecule has 0 aliphatic carbocycles. The minimum Gasteiger partial charge on any atom is -0.0917 e. The Balaban J connectivity index is 3.43. The summed E-state index contributed by atoms with van der Waals surface area (Å²) in [5, 5.41) is 0. The molecule has 0 saturated carbocycles. The van der Waals surface area contributed by atoms with Crippen LogP contribution in [0.2, 0.25) is 0 Å². The molecule has 0 rings (SSSR count). The fraction of sp³-hybridized carbons (Fsp3) is 0.667. The first-order valence-corrected chi connectivity index (χ1v) is 4.91. The normalized spacial score (nSPS) is 13.3. The van der Waals surface area contributed by atoms with Crippen LogP contribution in [0.25, 0.3) is 0 Å². The molecule has 0 saturated heterocycles. The van der Waals surface area contributed by atoms with Crippen LogP contribution in [-0.2, 0) is 0 Å². The van der Waals surface area contributed by atoms with E-state index >= 15 is 0 Å². The van der Waals surface area contributed by atoms with Crippen molar-refractivity contribution in [2.45, 2.75) is 47.0 Å². The lowest BCUT2D eigenvalue weighted by Crippen LogP contribution is -1.91. The van der Waals surface area contributed by atoms with E-state index in [0.29, 0.717) is 0 Å². The van der Waals surface area contributed by atoms with Crippen molar-refractivity contribution in [1.29, 1.82) is 0 Å². The summed E-state index contributed by atoms with van der Waals surface area (Å²) >= 11 is 0. The summed E-state index contributed by atoms with van der Waals surface area (Å²) in [6, 6.07) is 0. The van der Waals surface area contributed by atoms with Gasteiger partial charge in [-0.25, -0.2) is 0 Å². The summed E-state index contributed by atoms with van der Waals surface area (Å²) in [7, 11) is 0. The molecule has 0 unspecified atom stereocenters. The second kappa shape index (κ2) is 7.15. The molecule has 0 radical (unpaired) electrons. The standard InChI is InChI=1S/C12H22/c1-5-6-9-12(4)10-7-8-11(2)3/h5-6,8,12H,7,9-10H2,1-4H3/b6-5+/t12-/m0/s1. The molecular formula is C12H22. The smallest absolute Gasteiger partial charge is 0.0325 e. The van der Waals surface area contributed by atoms with Crippen LogP contribution < -0.4 is 0 Å². The molecule has 0 heterocycles. The van der Waals surface area contributed by atoms with Crippen LogP contribution in [0.15, 0.2) is 23.8 Å². The van der Waals surface area contributed by atoms with Gasteiger partial charge in [-0.2, -0.15) is 0 Å². The fourth-order valence-electron chi connectivity index (χ4n) is 1.14. The van der Waals surface area contributed by atoms with Crippen LogP contribution in [0.5, 0.6) is 0 Å². The third kappa shape index (κ3) is 7.59. The van der Waals surface area contributed by atoms with E-state index in [2.05, 4.69) is 45.9 Å². The van der Waals surface area contributed by atoms with Crippen molar-refractivity contribution in [3.63, 3.8) is 0 Å². The molecule has 1 atom stereocenters. The van der Waals surface area contributed by atoms with Crippen molar-refractivity contribution in [3.8, 4) is 0 Å². The molecule has 12 heavy (non-hydrogen) atoms. The van der Waals surface area contributed by atoms with E-state index in [4.69, 9.17) is 0 Å². The zero-order chi connectivity index (χ0) is 9.40. The molecule has 0 aromatic carbocycles. The summed E-state index contributed by atoms with van der Waals surface area (Å²) in [4.78, 5) is 0. The zero-order valence-electron chi connectivity index (χ0n) is 8.93. The van der Waals surface area contributed by atoms with Gasteiger partial charge in [0.25, 0.3) is 0 Å². The van der Waals surface area contributed by atoms with Gasteiger partial charge in [0, 0.05) is 0 Å². The molecule has 0 amide bonds. The van der Waals surface area contributed by atoms with Crippen molar-refractivity contribution in [2.75, 3.05) is 0 Å². The van der Waals surface area contributed by atoms with E-state index < -0.39 is 0 Å². The highest BCUT2D eigenvalue weighted by atomic mass is 14.0. The Morgan fingerprint density at radius 2 is 2.00 bits per heavy atom. The van der Waals surface area contributed by atoms with Crippen molar-refractivity contribution < 1.29 is 0 Å². The van der Waals surface area contributed by atoms with E-state index in [0.717, 1.165) is 5.92 Å². The predicted octanol–water partition coefficient (Wildman–Crippen LogP) is 4.34. The average Bonchev–Trinajstić information content (AvgIpc) is 2.00. The van der Waals surface area contributed by atoms with Crippen LogP contribution in [0.3, 0.4) is 0 Å². The quantitative estimate of drug-likeness (QED) is 0.533. The Bertz CT molecular complexity index is 147. The van der Waals surface area contributed by atoms with Crippen molar-refractivity contribution in [2.24, 2.45) is 5.92 Å². The van der Waals surface area contributed by atoms with Gasteiger partial charge < -0.3 is 0 Å². The van der Waals surface area contributed by atoms with Crippen LogP contribution >= 0.6 is 0 Å². The first-order valence-electron chi connectivity index (χ1n) is 4.91. The summed E-state index contributed by atoms with van der Waals surface area (Å²) in [6.45, 7) is 8.73. The first-order chi connectivity index (χ1) is 5.66. The van der Waals surface area contributed by atoms with E-state index in [9.17, 15) is 0 Å². The van der Waals surface area contributed by atoms with Gasteiger partial charge in [-0.1, -0.05) is 30.7 Å². The van der Waals surface area contributed by atoms with Gasteiger partial charge >= 0.3 is 0 Å². The maximum atomic E-state index is 2.33. The van der Waals surface area contributed by atoms with Gasteiger partial charge in [-0.3, -0.25) is 0 Å². The predicted molar refractivity (Wildman–Crippen MR) is 57.3 cm³/mol. The number of hydrogen-bond acceptors (Lipinski definition) is 0. The highest BCUT2D eigenvalue weighted by Gasteiger charge is 1.96. The topological polar surface area (TPSA) is 0 Å². The molecule has 0 N–H and O–H groups in total. The Morgan fingerprint density at radius 1 is 1.33 bits per heavy atom. The number of rotatable bonds is 5. The van der Waals surface area contributed by atoms with E-state index in [-0.39, 0.29) is 0 Å². The fourth-order valence-corrected chi connectivity index (χ4v) is 1.14. The van der Waals surface area contributed by atoms with Gasteiger partial charge in [-0.05, 0) is 46.0 Å². The molecule has 0 aliphatic heterocycles. The third-order valence-corrected chi connectivity index (χ3v) is 1.99.